The Morgan fingerprint density at radius 3 is 2.88 bits per heavy atom. The van der Waals surface area contributed by atoms with Gasteiger partial charge in [-0.1, -0.05) is 29.8 Å². The molecule has 1 aromatic rings. The molecule has 0 amide bonds. The van der Waals surface area contributed by atoms with E-state index in [1.54, 1.807) is 0 Å². The Hall–Kier alpha value is -0.510. The van der Waals surface area contributed by atoms with Gasteiger partial charge in [0.05, 0.1) is 13.2 Å². The lowest BCUT2D eigenvalue weighted by Crippen LogP contribution is -2.37. The van der Waals surface area contributed by atoms with Gasteiger partial charge < -0.3 is 4.74 Å². The molecule has 0 aliphatic carbocycles. The molecule has 0 aromatic heterocycles. The molecule has 2 rings (SSSR count). The van der Waals surface area contributed by atoms with Crippen molar-refractivity contribution >= 4 is 11.8 Å². The van der Waals surface area contributed by atoms with E-state index in [0.717, 1.165) is 32.1 Å². The zero-order valence-electron chi connectivity index (χ0n) is 10.5. The summed E-state index contributed by atoms with van der Waals surface area (Å²) in [5, 5.41) is 0. The highest BCUT2D eigenvalue weighted by Gasteiger charge is 2.09. The predicted octanol–water partition coefficient (Wildman–Crippen LogP) is 2.56. The second-order valence-corrected chi connectivity index (χ2v) is 5.60. The van der Waals surface area contributed by atoms with Gasteiger partial charge >= 0.3 is 0 Å². The van der Waals surface area contributed by atoms with Crippen LogP contribution in [-0.2, 0) is 10.5 Å². The maximum absolute atomic E-state index is 5.34. The number of benzene rings is 1. The van der Waals surface area contributed by atoms with Crippen molar-refractivity contribution in [3.8, 4) is 0 Å². The first-order chi connectivity index (χ1) is 8.34. The van der Waals surface area contributed by atoms with Crippen LogP contribution in [0.25, 0.3) is 0 Å². The van der Waals surface area contributed by atoms with Crippen molar-refractivity contribution in [2.24, 2.45) is 0 Å². The lowest BCUT2D eigenvalue weighted by Gasteiger charge is -2.26. The molecule has 1 saturated heterocycles. The molecule has 0 saturated carbocycles. The summed E-state index contributed by atoms with van der Waals surface area (Å²) in [6.07, 6.45) is 0. The van der Waals surface area contributed by atoms with Crippen molar-refractivity contribution in [1.29, 1.82) is 0 Å². The number of morpholine rings is 1. The van der Waals surface area contributed by atoms with E-state index in [9.17, 15) is 0 Å². The summed E-state index contributed by atoms with van der Waals surface area (Å²) in [6.45, 7) is 7.36. The summed E-state index contributed by atoms with van der Waals surface area (Å²) in [5.74, 6) is 2.35. The Morgan fingerprint density at radius 2 is 2.12 bits per heavy atom. The van der Waals surface area contributed by atoms with E-state index in [4.69, 9.17) is 4.74 Å². The Morgan fingerprint density at radius 1 is 1.29 bits per heavy atom. The first-order valence-electron chi connectivity index (χ1n) is 6.28. The van der Waals surface area contributed by atoms with Crippen LogP contribution in [0.1, 0.15) is 11.1 Å². The quantitative estimate of drug-likeness (QED) is 0.746. The third kappa shape index (κ3) is 4.70. The molecular weight excluding hydrogens is 230 g/mol. The van der Waals surface area contributed by atoms with Crippen molar-refractivity contribution in [2.75, 3.05) is 38.6 Å². The number of rotatable bonds is 5. The van der Waals surface area contributed by atoms with Crippen LogP contribution in [0.2, 0.25) is 0 Å². The summed E-state index contributed by atoms with van der Waals surface area (Å²) in [4.78, 5) is 2.49. The monoisotopic (exact) mass is 251 g/mol. The fourth-order valence-corrected chi connectivity index (χ4v) is 2.96. The van der Waals surface area contributed by atoms with Crippen molar-refractivity contribution in [3.05, 3.63) is 35.4 Å². The minimum atomic E-state index is 0.905. The number of nitrogens with zero attached hydrogens (tertiary/aromatic N) is 1. The first-order valence-corrected chi connectivity index (χ1v) is 7.43. The van der Waals surface area contributed by atoms with Gasteiger partial charge in [-0.25, -0.2) is 0 Å². The van der Waals surface area contributed by atoms with Gasteiger partial charge in [0.2, 0.25) is 0 Å². The summed E-state index contributed by atoms with van der Waals surface area (Å²) >= 11 is 2.03. The summed E-state index contributed by atoms with van der Waals surface area (Å²) in [5.41, 5.74) is 2.80. The highest BCUT2D eigenvalue weighted by molar-refractivity contribution is 7.98. The largest absolute Gasteiger partial charge is 0.379 e. The number of hydrogen-bond donors (Lipinski definition) is 0. The Balaban J connectivity index is 1.62. The average molecular weight is 251 g/mol. The van der Waals surface area contributed by atoms with Crippen LogP contribution in [0.5, 0.6) is 0 Å². The predicted molar refractivity (Wildman–Crippen MR) is 74.6 cm³/mol. The number of ether oxygens (including phenoxy) is 1. The highest BCUT2D eigenvalue weighted by Crippen LogP contribution is 2.13. The van der Waals surface area contributed by atoms with Crippen LogP contribution >= 0.6 is 11.8 Å². The lowest BCUT2D eigenvalue weighted by molar-refractivity contribution is 0.0410. The van der Waals surface area contributed by atoms with Crippen LogP contribution in [-0.4, -0.2) is 43.5 Å². The van der Waals surface area contributed by atoms with Gasteiger partial charge in [0.25, 0.3) is 0 Å². The molecule has 0 unspecified atom stereocenters. The molecular formula is C14H21NOS. The fraction of sp³-hybridized carbons (Fsp3) is 0.571. The number of aryl methyl sites for hydroxylation is 1. The van der Waals surface area contributed by atoms with Crippen LogP contribution in [0.15, 0.2) is 24.3 Å². The highest BCUT2D eigenvalue weighted by atomic mass is 32.2. The molecule has 2 nitrogen and oxygen atoms in total. The second-order valence-electron chi connectivity index (χ2n) is 4.50. The van der Waals surface area contributed by atoms with Gasteiger partial charge in [-0.15, -0.1) is 0 Å². The molecule has 1 fully saturated rings. The number of thioether (sulfide) groups is 1. The first kappa shape index (κ1) is 12.9. The normalized spacial score (nSPS) is 17.2. The second kappa shape index (κ2) is 7.04. The molecule has 0 bridgehead atoms. The summed E-state index contributed by atoms with van der Waals surface area (Å²) in [6, 6.07) is 8.80. The van der Waals surface area contributed by atoms with E-state index >= 15 is 0 Å². The fourth-order valence-electron chi connectivity index (χ4n) is 2.01. The van der Waals surface area contributed by atoms with E-state index < -0.39 is 0 Å². The van der Waals surface area contributed by atoms with Crippen molar-refractivity contribution < 1.29 is 4.74 Å². The molecule has 0 spiro atoms. The molecule has 94 valence electrons. The minimum absolute atomic E-state index is 0.905. The van der Waals surface area contributed by atoms with Gasteiger partial charge in [-0.05, 0) is 12.5 Å². The van der Waals surface area contributed by atoms with E-state index in [2.05, 4.69) is 36.1 Å². The minimum Gasteiger partial charge on any atom is -0.379 e. The molecule has 1 heterocycles. The molecule has 0 radical (unpaired) electrons. The smallest absolute Gasteiger partial charge is 0.0594 e. The van der Waals surface area contributed by atoms with Gasteiger partial charge in [-0.3, -0.25) is 4.90 Å². The maximum Gasteiger partial charge on any atom is 0.0594 e. The average Bonchev–Trinajstić information content (AvgIpc) is 2.36. The Kier molecular flexibility index (Phi) is 5.36. The summed E-state index contributed by atoms with van der Waals surface area (Å²) in [7, 11) is 0. The molecule has 3 heteroatoms. The van der Waals surface area contributed by atoms with Crippen molar-refractivity contribution in [1.82, 2.24) is 4.90 Å². The van der Waals surface area contributed by atoms with Crippen molar-refractivity contribution in [2.45, 2.75) is 12.7 Å². The van der Waals surface area contributed by atoms with Crippen LogP contribution in [0.3, 0.4) is 0 Å². The van der Waals surface area contributed by atoms with Crippen LogP contribution in [0, 0.1) is 6.92 Å². The zero-order valence-corrected chi connectivity index (χ0v) is 11.3. The van der Waals surface area contributed by atoms with Gasteiger partial charge in [0, 0.05) is 31.1 Å². The van der Waals surface area contributed by atoms with Crippen LogP contribution in [0.4, 0.5) is 0 Å². The van der Waals surface area contributed by atoms with E-state index in [1.807, 2.05) is 11.8 Å². The lowest BCUT2D eigenvalue weighted by atomic mass is 10.2. The van der Waals surface area contributed by atoms with Crippen LogP contribution < -0.4 is 0 Å². The standard InChI is InChI=1S/C14H21NOS/c1-13-3-2-4-14(11-13)12-17-10-7-15-5-8-16-9-6-15/h2-4,11H,5-10,12H2,1H3. The topological polar surface area (TPSA) is 12.5 Å². The summed E-state index contributed by atoms with van der Waals surface area (Å²) < 4.78 is 5.34. The molecule has 0 atom stereocenters. The molecule has 1 aliphatic heterocycles. The van der Waals surface area contributed by atoms with Gasteiger partial charge in [0.15, 0.2) is 0 Å². The third-order valence-electron chi connectivity index (χ3n) is 3.01. The third-order valence-corrected chi connectivity index (χ3v) is 4.02. The Labute approximate surface area is 108 Å². The molecule has 1 aromatic carbocycles. The Bertz CT molecular complexity index is 337. The number of hydrogen-bond acceptors (Lipinski definition) is 3. The van der Waals surface area contributed by atoms with Gasteiger partial charge in [-0.2, -0.15) is 11.8 Å². The molecule has 1 aliphatic rings. The van der Waals surface area contributed by atoms with Crippen molar-refractivity contribution in [3.63, 3.8) is 0 Å². The molecule has 17 heavy (non-hydrogen) atoms. The van der Waals surface area contributed by atoms with E-state index in [-0.39, 0.29) is 0 Å². The zero-order chi connectivity index (χ0) is 11.9. The van der Waals surface area contributed by atoms with E-state index in [0.29, 0.717) is 0 Å². The maximum atomic E-state index is 5.34. The SMILES string of the molecule is Cc1cccc(CSCCN2CCOCC2)c1. The molecule has 0 N–H and O–H groups in total. The van der Waals surface area contributed by atoms with Gasteiger partial charge in [0.1, 0.15) is 0 Å². The van der Waals surface area contributed by atoms with E-state index in [1.165, 1.54) is 23.4 Å².